The summed E-state index contributed by atoms with van der Waals surface area (Å²) in [5.41, 5.74) is 0. The van der Waals surface area contributed by atoms with Crippen molar-refractivity contribution in [3.05, 3.63) is 73.6 Å². The van der Waals surface area contributed by atoms with E-state index in [1.807, 2.05) is 43.3 Å². The summed E-state index contributed by atoms with van der Waals surface area (Å²) in [6.45, 7) is 1.83. The minimum Gasteiger partial charge on any atom is -0.670 e. The molecule has 0 N–H and O–H groups in total. The van der Waals surface area contributed by atoms with Gasteiger partial charge in [-0.25, -0.2) is 0 Å². The van der Waals surface area contributed by atoms with Gasteiger partial charge in [-0.05, 0) is 6.92 Å². The van der Waals surface area contributed by atoms with Crippen molar-refractivity contribution in [2.45, 2.75) is 13.2 Å². The molecule has 0 aliphatic carbocycles. The fraction of sp³-hybridized carbons (Fsp3) is 0.250. The molecular weight excluding hydrogens is 318 g/mol. The maximum atomic E-state index is 4.68. The molecule has 119 valence electrons. The van der Waals surface area contributed by atoms with Crippen LogP contribution >= 0.6 is 0 Å². The first-order valence-corrected chi connectivity index (χ1v) is 6.41. The van der Waals surface area contributed by atoms with Gasteiger partial charge in [0.2, 0.25) is 0 Å². The van der Waals surface area contributed by atoms with Gasteiger partial charge in [-0.3, -0.25) is 0 Å². The Bertz CT molecular complexity index is 324. The Hall–Kier alpha value is -1.71. The minimum absolute atomic E-state index is 0. The number of hydrogen-bond donors (Lipinski definition) is 0. The van der Waals surface area contributed by atoms with Crippen molar-refractivity contribution in [3.8, 4) is 0 Å². The third kappa shape index (κ3) is 18.3. The molecule has 0 aliphatic rings. The zero-order chi connectivity index (χ0) is 15.6. The van der Waals surface area contributed by atoms with E-state index in [9.17, 15) is 0 Å². The first-order valence-electron chi connectivity index (χ1n) is 6.41. The summed E-state index contributed by atoms with van der Waals surface area (Å²) < 4.78 is 9.35. The molecule has 0 amide bonds. The van der Waals surface area contributed by atoms with Crippen LogP contribution in [-0.4, -0.2) is 20.5 Å². The Morgan fingerprint density at radius 1 is 0.591 bits per heavy atom. The molecule has 0 aromatic carbocycles. The Labute approximate surface area is 143 Å². The molecule has 5 nitrogen and oxygen atoms in total. The average Bonchev–Trinajstić information content (AvgIpc) is 3.34. The molecule has 0 bridgehead atoms. The van der Waals surface area contributed by atoms with Crippen LogP contribution in [0.25, 0.3) is 0 Å². The van der Waals surface area contributed by atoms with Gasteiger partial charge in [0.25, 0.3) is 0 Å². The van der Waals surface area contributed by atoms with Crippen molar-refractivity contribution in [2.75, 3.05) is 14.2 Å². The summed E-state index contributed by atoms with van der Waals surface area (Å²) in [6, 6.07) is 11.3. The van der Waals surface area contributed by atoms with Crippen molar-refractivity contribution in [1.82, 2.24) is 15.0 Å². The number of ether oxygens (including phenoxy) is 2. The summed E-state index contributed by atoms with van der Waals surface area (Å²) in [6.07, 6.45) is 10.4. The predicted molar refractivity (Wildman–Crippen MR) is 82.8 cm³/mol. The van der Waals surface area contributed by atoms with Crippen molar-refractivity contribution >= 4 is 0 Å². The number of methoxy groups -OCH3 is 2. The first kappa shape index (κ1) is 22.6. The van der Waals surface area contributed by atoms with E-state index in [1.54, 1.807) is 51.4 Å². The second-order valence-corrected chi connectivity index (χ2v) is 3.54. The van der Waals surface area contributed by atoms with Crippen molar-refractivity contribution < 1.29 is 26.8 Å². The molecular formula is C16H22CrN3O2. The Morgan fingerprint density at radius 2 is 0.818 bits per heavy atom. The van der Waals surface area contributed by atoms with E-state index in [2.05, 4.69) is 24.4 Å². The van der Waals surface area contributed by atoms with Crippen LogP contribution in [0.2, 0.25) is 0 Å². The van der Waals surface area contributed by atoms with E-state index < -0.39 is 0 Å². The van der Waals surface area contributed by atoms with E-state index in [0.717, 1.165) is 0 Å². The van der Waals surface area contributed by atoms with Gasteiger partial charge in [0.15, 0.2) is 6.29 Å². The molecule has 22 heavy (non-hydrogen) atoms. The monoisotopic (exact) mass is 340 g/mol. The molecule has 3 rings (SSSR count). The number of hydrogen-bond acceptors (Lipinski definition) is 2. The zero-order valence-corrected chi connectivity index (χ0v) is 14.3. The number of rotatable bonds is 2. The molecule has 0 saturated carbocycles. The van der Waals surface area contributed by atoms with E-state index in [-0.39, 0.29) is 23.7 Å². The molecule has 3 heterocycles. The molecule has 0 spiro atoms. The van der Waals surface area contributed by atoms with Gasteiger partial charge in [0.05, 0.1) is 0 Å². The SMILES string of the molecule is COC(C)OC.[Cr+3].c1cc[n-]c1.c1cc[n-]c1.c1cc[n-]c1. The second-order valence-electron chi connectivity index (χ2n) is 3.54. The van der Waals surface area contributed by atoms with Crippen LogP contribution in [-0.2, 0) is 26.8 Å². The molecule has 3 aromatic rings. The molecule has 6 heteroatoms. The van der Waals surface area contributed by atoms with Gasteiger partial charge in [-0.2, -0.15) is 37.2 Å². The van der Waals surface area contributed by atoms with Gasteiger partial charge in [-0.15, -0.1) is 0 Å². The Kier molecular flexibility index (Phi) is 19.8. The summed E-state index contributed by atoms with van der Waals surface area (Å²) >= 11 is 0. The van der Waals surface area contributed by atoms with Crippen LogP contribution in [0.5, 0.6) is 0 Å². The van der Waals surface area contributed by atoms with E-state index in [4.69, 9.17) is 0 Å². The standard InChI is InChI=1S/3C4H4N.C4H10O2.Cr/c3*1-2-4-5-3-1;1-4(5-2)6-3;/h3*1-4H;4H,1-3H3;/q3*-1;;+3. The van der Waals surface area contributed by atoms with Crippen LogP contribution in [0.1, 0.15) is 6.92 Å². The van der Waals surface area contributed by atoms with E-state index >= 15 is 0 Å². The third-order valence-corrected chi connectivity index (χ3v) is 2.03. The number of aromatic nitrogens is 3. The quantitative estimate of drug-likeness (QED) is 0.671. The molecule has 0 atom stereocenters. The van der Waals surface area contributed by atoms with Crippen molar-refractivity contribution in [1.29, 1.82) is 0 Å². The molecule has 0 saturated heterocycles. The van der Waals surface area contributed by atoms with Crippen LogP contribution in [0.3, 0.4) is 0 Å². The second kappa shape index (κ2) is 19.3. The summed E-state index contributed by atoms with van der Waals surface area (Å²) in [7, 11) is 3.21. The van der Waals surface area contributed by atoms with Gasteiger partial charge in [0, 0.05) is 14.2 Å². The van der Waals surface area contributed by atoms with Gasteiger partial charge >= 0.3 is 17.4 Å². The predicted octanol–water partition coefficient (Wildman–Crippen LogP) is 2.55. The van der Waals surface area contributed by atoms with E-state index in [0.29, 0.717) is 0 Å². The summed E-state index contributed by atoms with van der Waals surface area (Å²) in [5, 5.41) is 0. The molecule has 0 aliphatic heterocycles. The summed E-state index contributed by atoms with van der Waals surface area (Å²) in [4.78, 5) is 11.2. The Morgan fingerprint density at radius 3 is 0.864 bits per heavy atom. The molecule has 0 fully saturated rings. The average molecular weight is 340 g/mol. The fourth-order valence-corrected chi connectivity index (χ4v) is 0.842. The van der Waals surface area contributed by atoms with E-state index in [1.165, 1.54) is 0 Å². The van der Waals surface area contributed by atoms with Gasteiger partial charge < -0.3 is 24.4 Å². The largest absolute Gasteiger partial charge is 3.00 e. The van der Waals surface area contributed by atoms with Gasteiger partial charge in [-0.1, -0.05) is 36.4 Å². The Balaban J connectivity index is 0. The summed E-state index contributed by atoms with van der Waals surface area (Å²) in [5.74, 6) is 0. The molecule has 1 radical (unpaired) electrons. The number of nitrogens with zero attached hydrogens (tertiary/aromatic N) is 3. The minimum atomic E-state index is -0.0648. The van der Waals surface area contributed by atoms with Gasteiger partial charge in [0.1, 0.15) is 0 Å². The van der Waals surface area contributed by atoms with Crippen LogP contribution in [0, 0.1) is 0 Å². The third-order valence-electron chi connectivity index (χ3n) is 2.03. The smallest absolute Gasteiger partial charge is 0.670 e. The van der Waals surface area contributed by atoms with Crippen LogP contribution in [0.4, 0.5) is 0 Å². The normalized spacial score (nSPS) is 8.18. The molecule has 0 unspecified atom stereocenters. The van der Waals surface area contributed by atoms with Crippen LogP contribution in [0.15, 0.2) is 73.6 Å². The first-order chi connectivity index (χ1) is 10.3. The zero-order valence-electron chi connectivity index (χ0n) is 13.1. The fourth-order valence-electron chi connectivity index (χ4n) is 0.842. The van der Waals surface area contributed by atoms with Crippen molar-refractivity contribution in [3.63, 3.8) is 0 Å². The maximum Gasteiger partial charge on any atom is 3.00 e. The topological polar surface area (TPSA) is 60.8 Å². The van der Waals surface area contributed by atoms with Crippen molar-refractivity contribution in [2.24, 2.45) is 0 Å². The molecule has 3 aromatic heterocycles. The maximum absolute atomic E-state index is 4.68. The van der Waals surface area contributed by atoms with Crippen LogP contribution < -0.4 is 15.0 Å².